The standard InChI is InChI=1S/C14H9Cl5/c15-11-5-1-9(2-6-11)13(17)14(18,19)10-3-7-12(16)8-4-10/h1-8,13H/t13-/m1/s1. The van der Waals surface area contributed by atoms with Crippen LogP contribution in [0.3, 0.4) is 0 Å². The van der Waals surface area contributed by atoms with E-state index in [9.17, 15) is 0 Å². The quantitative estimate of drug-likeness (QED) is 0.544. The van der Waals surface area contributed by atoms with E-state index in [-0.39, 0.29) is 0 Å². The number of halogens is 5. The van der Waals surface area contributed by atoms with Crippen LogP contribution in [0, 0.1) is 0 Å². The van der Waals surface area contributed by atoms with Gasteiger partial charge in [0.2, 0.25) is 0 Å². The lowest BCUT2D eigenvalue weighted by Crippen LogP contribution is -2.17. The summed E-state index contributed by atoms with van der Waals surface area (Å²) in [4.78, 5) is 0. The van der Waals surface area contributed by atoms with Gasteiger partial charge in [0, 0.05) is 10.0 Å². The fraction of sp³-hybridized carbons (Fsp3) is 0.143. The van der Waals surface area contributed by atoms with Crippen molar-refractivity contribution in [3.05, 3.63) is 69.7 Å². The summed E-state index contributed by atoms with van der Waals surface area (Å²) in [5.74, 6) is 0. The van der Waals surface area contributed by atoms with Crippen LogP contribution < -0.4 is 0 Å². The molecule has 0 unspecified atom stereocenters. The zero-order chi connectivity index (χ0) is 14.0. The maximum absolute atomic E-state index is 6.40. The van der Waals surface area contributed by atoms with Crippen molar-refractivity contribution in [3.8, 4) is 0 Å². The average molecular weight is 354 g/mol. The molecule has 0 heterocycles. The summed E-state index contributed by atoms with van der Waals surface area (Å²) in [6.45, 7) is 0. The fourth-order valence-electron chi connectivity index (χ4n) is 1.66. The monoisotopic (exact) mass is 352 g/mol. The lowest BCUT2D eigenvalue weighted by atomic mass is 10.0. The number of hydrogen-bond donors (Lipinski definition) is 0. The van der Waals surface area contributed by atoms with Gasteiger partial charge in [0.25, 0.3) is 0 Å². The Kier molecular flexibility index (Phi) is 4.92. The van der Waals surface area contributed by atoms with Crippen molar-refractivity contribution in [3.63, 3.8) is 0 Å². The highest BCUT2D eigenvalue weighted by Crippen LogP contribution is 2.49. The molecule has 0 radical (unpaired) electrons. The summed E-state index contributed by atoms with van der Waals surface area (Å²) in [5, 5.41) is 0.647. The third kappa shape index (κ3) is 3.51. The van der Waals surface area contributed by atoms with E-state index < -0.39 is 9.71 Å². The third-order valence-corrected chi connectivity index (χ3v) is 4.89. The molecule has 19 heavy (non-hydrogen) atoms. The van der Waals surface area contributed by atoms with E-state index in [2.05, 4.69) is 0 Å². The Morgan fingerprint density at radius 3 is 1.63 bits per heavy atom. The topological polar surface area (TPSA) is 0 Å². The zero-order valence-corrected chi connectivity index (χ0v) is 13.4. The molecule has 1 atom stereocenters. The Bertz CT molecular complexity index is 545. The molecule has 2 rings (SSSR count). The number of alkyl halides is 3. The Hall–Kier alpha value is -0.110. The van der Waals surface area contributed by atoms with Gasteiger partial charge in [0.15, 0.2) is 4.33 Å². The second kappa shape index (κ2) is 6.11. The van der Waals surface area contributed by atoms with E-state index in [1.54, 1.807) is 48.5 Å². The van der Waals surface area contributed by atoms with Crippen LogP contribution in [0.5, 0.6) is 0 Å². The second-order valence-electron chi connectivity index (χ2n) is 4.04. The van der Waals surface area contributed by atoms with Crippen molar-refractivity contribution in [2.75, 3.05) is 0 Å². The Labute approximate surface area is 137 Å². The highest BCUT2D eigenvalue weighted by molar-refractivity contribution is 6.51. The van der Waals surface area contributed by atoms with Gasteiger partial charge >= 0.3 is 0 Å². The molecule has 0 bridgehead atoms. The van der Waals surface area contributed by atoms with Crippen molar-refractivity contribution < 1.29 is 0 Å². The minimum Gasteiger partial charge on any atom is -0.114 e. The first-order chi connectivity index (χ1) is 8.91. The van der Waals surface area contributed by atoms with Crippen molar-refractivity contribution in [2.45, 2.75) is 9.71 Å². The Morgan fingerprint density at radius 2 is 1.16 bits per heavy atom. The van der Waals surface area contributed by atoms with Crippen molar-refractivity contribution in [1.82, 2.24) is 0 Å². The van der Waals surface area contributed by atoms with E-state index in [1.165, 1.54) is 0 Å². The predicted molar refractivity (Wildman–Crippen MR) is 84.9 cm³/mol. The molecular weight excluding hydrogens is 345 g/mol. The summed E-state index contributed by atoms with van der Waals surface area (Å²) < 4.78 is -1.25. The van der Waals surface area contributed by atoms with Gasteiger partial charge in [-0.15, -0.1) is 11.6 Å². The molecule has 0 aromatic heterocycles. The largest absolute Gasteiger partial charge is 0.163 e. The molecule has 0 fully saturated rings. The lowest BCUT2D eigenvalue weighted by molar-refractivity contribution is 0.803. The third-order valence-electron chi connectivity index (χ3n) is 2.71. The molecule has 2 aromatic rings. The Balaban J connectivity index is 2.32. The molecule has 0 nitrogen and oxygen atoms in total. The van der Waals surface area contributed by atoms with Gasteiger partial charge in [-0.3, -0.25) is 0 Å². The molecule has 0 amide bonds. The highest BCUT2D eigenvalue weighted by atomic mass is 35.5. The predicted octanol–water partition coefficient (Wildman–Crippen LogP) is 6.60. The minimum atomic E-state index is -1.25. The average Bonchev–Trinajstić information content (AvgIpc) is 2.39. The molecule has 100 valence electrons. The van der Waals surface area contributed by atoms with Gasteiger partial charge in [-0.05, 0) is 35.4 Å². The van der Waals surface area contributed by atoms with E-state index >= 15 is 0 Å². The molecule has 2 aromatic carbocycles. The SMILES string of the molecule is Clc1ccc([C@@H](Cl)C(Cl)(Cl)c2ccc(Cl)cc2)cc1. The molecule has 0 N–H and O–H groups in total. The lowest BCUT2D eigenvalue weighted by Gasteiger charge is -2.26. The first-order valence-corrected chi connectivity index (χ1v) is 7.39. The molecule has 0 saturated heterocycles. The summed E-state index contributed by atoms with van der Waals surface area (Å²) in [6.07, 6.45) is 0. The smallest absolute Gasteiger partial charge is 0.114 e. The van der Waals surface area contributed by atoms with Crippen LogP contribution in [0.4, 0.5) is 0 Å². The molecule has 5 heteroatoms. The van der Waals surface area contributed by atoms with E-state index in [1.807, 2.05) is 0 Å². The molecule has 0 saturated carbocycles. The van der Waals surface area contributed by atoms with Crippen LogP contribution in [-0.2, 0) is 4.33 Å². The molecular formula is C14H9Cl5. The van der Waals surface area contributed by atoms with E-state index in [0.717, 1.165) is 5.56 Å². The van der Waals surface area contributed by atoms with E-state index in [0.29, 0.717) is 15.6 Å². The summed E-state index contributed by atoms with van der Waals surface area (Å²) in [7, 11) is 0. The maximum Gasteiger partial charge on any atom is 0.163 e. The number of benzene rings is 2. The maximum atomic E-state index is 6.40. The van der Waals surface area contributed by atoms with Crippen molar-refractivity contribution in [1.29, 1.82) is 0 Å². The summed E-state index contributed by atoms with van der Waals surface area (Å²) in [6, 6.07) is 14.1. The minimum absolute atomic E-state index is 0.603. The molecule has 0 spiro atoms. The van der Waals surface area contributed by atoms with Gasteiger partial charge in [0.1, 0.15) is 0 Å². The molecule has 0 aliphatic heterocycles. The van der Waals surface area contributed by atoms with Gasteiger partial charge in [-0.2, -0.15) is 0 Å². The second-order valence-corrected chi connectivity index (χ2v) is 6.74. The van der Waals surface area contributed by atoms with Gasteiger partial charge in [-0.25, -0.2) is 0 Å². The first-order valence-electron chi connectivity index (χ1n) is 5.44. The van der Waals surface area contributed by atoms with Gasteiger partial charge in [0.05, 0.1) is 5.38 Å². The number of hydrogen-bond acceptors (Lipinski definition) is 0. The normalized spacial score (nSPS) is 13.3. The van der Waals surface area contributed by atoms with Crippen LogP contribution >= 0.6 is 58.0 Å². The zero-order valence-electron chi connectivity index (χ0n) is 9.59. The van der Waals surface area contributed by atoms with E-state index in [4.69, 9.17) is 58.0 Å². The van der Waals surface area contributed by atoms with Crippen molar-refractivity contribution in [2.24, 2.45) is 0 Å². The molecule has 0 aliphatic carbocycles. The fourth-order valence-corrected chi connectivity index (χ4v) is 2.69. The summed E-state index contributed by atoms with van der Waals surface area (Å²) in [5.41, 5.74) is 1.49. The number of rotatable bonds is 3. The molecule has 0 aliphatic rings. The van der Waals surface area contributed by atoms with Crippen LogP contribution in [0.25, 0.3) is 0 Å². The van der Waals surface area contributed by atoms with Crippen LogP contribution in [-0.4, -0.2) is 0 Å². The van der Waals surface area contributed by atoms with Gasteiger partial charge in [-0.1, -0.05) is 70.7 Å². The van der Waals surface area contributed by atoms with Crippen molar-refractivity contribution >= 4 is 58.0 Å². The van der Waals surface area contributed by atoms with Crippen LogP contribution in [0.15, 0.2) is 48.5 Å². The summed E-state index contributed by atoms with van der Waals surface area (Å²) >= 11 is 30.9. The van der Waals surface area contributed by atoms with Crippen LogP contribution in [0.2, 0.25) is 10.0 Å². The van der Waals surface area contributed by atoms with Crippen LogP contribution in [0.1, 0.15) is 16.5 Å². The highest BCUT2D eigenvalue weighted by Gasteiger charge is 2.36. The Morgan fingerprint density at radius 1 is 0.737 bits per heavy atom. The van der Waals surface area contributed by atoms with Gasteiger partial charge < -0.3 is 0 Å². The first kappa shape index (κ1) is 15.3.